The molecule has 1 aliphatic heterocycles. The third kappa shape index (κ3) is 6.32. The summed E-state index contributed by atoms with van der Waals surface area (Å²) in [5, 5.41) is 21.2. The monoisotopic (exact) mass is 460 g/mol. The molecule has 1 aliphatic rings. The van der Waals surface area contributed by atoms with Gasteiger partial charge in [-0.3, -0.25) is 5.32 Å². The van der Waals surface area contributed by atoms with Crippen LogP contribution in [0.15, 0.2) is 24.4 Å². The van der Waals surface area contributed by atoms with Crippen LogP contribution >= 0.6 is 0 Å². The molecule has 1 saturated heterocycles. The molecule has 8 nitrogen and oxygen atoms in total. The quantitative estimate of drug-likeness (QED) is 0.286. The molecule has 0 radical (unpaired) electrons. The predicted octanol–water partition coefficient (Wildman–Crippen LogP) is 3.06. The van der Waals surface area contributed by atoms with Gasteiger partial charge < -0.3 is 24.9 Å². The van der Waals surface area contributed by atoms with Gasteiger partial charge in [0.1, 0.15) is 16.9 Å². The molecule has 0 saturated carbocycles. The van der Waals surface area contributed by atoms with E-state index in [-0.39, 0.29) is 5.92 Å². The van der Waals surface area contributed by atoms with E-state index in [0.717, 1.165) is 38.2 Å². The molecular formula is C24H35FN5O3+. The van der Waals surface area contributed by atoms with Gasteiger partial charge >= 0.3 is 0 Å². The van der Waals surface area contributed by atoms with E-state index in [1.54, 1.807) is 25.4 Å². The molecule has 4 N–H and O–H groups in total. The van der Waals surface area contributed by atoms with Crippen LogP contribution < -0.4 is 10.2 Å². The van der Waals surface area contributed by atoms with Crippen molar-refractivity contribution in [3.05, 3.63) is 41.6 Å². The lowest BCUT2D eigenvalue weighted by atomic mass is 9.94. The number of halogens is 1. The van der Waals surface area contributed by atoms with Crippen molar-refractivity contribution in [3.63, 3.8) is 0 Å². The fourth-order valence-electron chi connectivity index (χ4n) is 4.10. The lowest BCUT2D eigenvalue weighted by Gasteiger charge is -2.35. The Bertz CT molecular complexity index is 948. The molecule has 3 heterocycles. The minimum atomic E-state index is -1.19. The molecule has 0 spiro atoms. The normalized spacial score (nSPS) is 15.8. The molecule has 1 atom stereocenters. The second-order valence-corrected chi connectivity index (χ2v) is 8.64. The van der Waals surface area contributed by atoms with Crippen LogP contribution in [0.25, 0.3) is 0 Å². The van der Waals surface area contributed by atoms with E-state index in [0.29, 0.717) is 41.0 Å². The summed E-state index contributed by atoms with van der Waals surface area (Å²) in [5.41, 5.74) is 2.93. The molecule has 33 heavy (non-hydrogen) atoms. The topological polar surface area (TPSA) is 108 Å². The van der Waals surface area contributed by atoms with Gasteiger partial charge in [-0.2, -0.15) is 9.37 Å². The Morgan fingerprint density at radius 3 is 2.67 bits per heavy atom. The molecule has 0 aliphatic carbocycles. The van der Waals surface area contributed by atoms with Crippen LogP contribution in [-0.2, 0) is 9.47 Å². The van der Waals surface area contributed by atoms with Crippen molar-refractivity contribution in [1.29, 1.82) is 5.41 Å². The SMILES string of the molecule is CCOC(O)c1cc(N2CCC(COC)CC2)c(C(=N)C(C)C)c([NH2+]c2ccnc(F)c2)n1. The number of ether oxygens (including phenoxy) is 2. The molecule has 1 unspecified atom stereocenters. The predicted molar refractivity (Wildman–Crippen MR) is 125 cm³/mol. The smallest absolute Gasteiger partial charge is 0.241 e. The van der Waals surface area contributed by atoms with Gasteiger partial charge in [0.2, 0.25) is 11.8 Å². The largest absolute Gasteiger partial charge is 0.384 e. The first-order valence-corrected chi connectivity index (χ1v) is 11.5. The maximum absolute atomic E-state index is 13.8. The zero-order chi connectivity index (χ0) is 24.0. The van der Waals surface area contributed by atoms with Crippen LogP contribution in [0.3, 0.4) is 0 Å². The fourth-order valence-corrected chi connectivity index (χ4v) is 4.10. The molecule has 0 aromatic carbocycles. The Morgan fingerprint density at radius 2 is 2.06 bits per heavy atom. The number of aliphatic hydroxyl groups excluding tert-OH is 1. The van der Waals surface area contributed by atoms with Gasteiger partial charge in [0.05, 0.1) is 17.5 Å². The van der Waals surface area contributed by atoms with Crippen molar-refractivity contribution in [2.45, 2.75) is 39.9 Å². The Labute approximate surface area is 194 Å². The molecule has 0 bridgehead atoms. The zero-order valence-electron chi connectivity index (χ0n) is 19.8. The number of nitrogens with two attached hydrogens (primary N) is 1. The Balaban J connectivity index is 2.09. The van der Waals surface area contributed by atoms with E-state index in [2.05, 4.69) is 14.9 Å². The number of methoxy groups -OCH3 is 1. The summed E-state index contributed by atoms with van der Waals surface area (Å²) >= 11 is 0. The summed E-state index contributed by atoms with van der Waals surface area (Å²) in [7, 11) is 1.72. The van der Waals surface area contributed by atoms with Crippen molar-refractivity contribution in [2.75, 3.05) is 38.3 Å². The number of nitrogens with one attached hydrogen (secondary N) is 1. The number of piperidine rings is 1. The highest BCUT2D eigenvalue weighted by Gasteiger charge is 2.29. The van der Waals surface area contributed by atoms with Gasteiger partial charge in [0.15, 0.2) is 6.29 Å². The van der Waals surface area contributed by atoms with Crippen LogP contribution in [0, 0.1) is 23.2 Å². The summed E-state index contributed by atoms with van der Waals surface area (Å²) in [5.74, 6) is 0.376. The first-order chi connectivity index (χ1) is 15.8. The summed E-state index contributed by atoms with van der Waals surface area (Å²) in [4.78, 5) is 10.5. The standard InChI is InChI=1S/C24H34FN5O3/c1-5-33-24(31)18-13-19(30-10-7-16(8-11-30)14-32-4)21(22(26)15(2)3)23(29-18)28-17-6-9-27-20(25)12-17/h6,9,12-13,15-16,24,26,31H,5,7-8,10-11,14H2,1-4H3,(H,27,28,29)/p+1. The van der Waals surface area contributed by atoms with Crippen molar-refractivity contribution >= 4 is 22.9 Å². The van der Waals surface area contributed by atoms with Crippen molar-refractivity contribution in [3.8, 4) is 0 Å². The molecule has 180 valence electrons. The van der Waals surface area contributed by atoms with Gasteiger partial charge in [0.25, 0.3) is 0 Å². The number of anilines is 1. The second-order valence-electron chi connectivity index (χ2n) is 8.64. The number of nitrogens with zero attached hydrogens (tertiary/aromatic N) is 3. The summed E-state index contributed by atoms with van der Waals surface area (Å²) < 4.78 is 24.5. The van der Waals surface area contributed by atoms with Crippen LogP contribution in [-0.4, -0.2) is 54.2 Å². The van der Waals surface area contributed by atoms with E-state index in [1.165, 1.54) is 12.3 Å². The van der Waals surface area contributed by atoms with E-state index >= 15 is 0 Å². The first-order valence-electron chi connectivity index (χ1n) is 11.5. The highest BCUT2D eigenvalue weighted by Crippen LogP contribution is 2.33. The molecular weight excluding hydrogens is 425 g/mol. The van der Waals surface area contributed by atoms with E-state index in [1.807, 2.05) is 19.9 Å². The number of quaternary nitrogens is 1. The number of rotatable bonds is 10. The van der Waals surface area contributed by atoms with Gasteiger partial charge in [-0.05, 0) is 37.7 Å². The zero-order valence-corrected chi connectivity index (χ0v) is 19.8. The van der Waals surface area contributed by atoms with Crippen LogP contribution in [0.1, 0.15) is 51.2 Å². The third-order valence-corrected chi connectivity index (χ3v) is 5.88. The lowest BCUT2D eigenvalue weighted by molar-refractivity contribution is -0.483. The summed E-state index contributed by atoms with van der Waals surface area (Å²) in [6, 6.07) is 4.84. The third-order valence-electron chi connectivity index (χ3n) is 5.88. The molecule has 9 heteroatoms. The lowest BCUT2D eigenvalue weighted by Crippen LogP contribution is -2.72. The van der Waals surface area contributed by atoms with E-state index in [4.69, 9.17) is 14.9 Å². The van der Waals surface area contributed by atoms with Crippen molar-refractivity contribution in [2.24, 2.45) is 11.8 Å². The highest BCUT2D eigenvalue weighted by atomic mass is 19.1. The number of pyridine rings is 2. The van der Waals surface area contributed by atoms with Crippen LogP contribution in [0.5, 0.6) is 0 Å². The van der Waals surface area contributed by atoms with Crippen LogP contribution in [0.4, 0.5) is 21.6 Å². The minimum absolute atomic E-state index is 0.0411. The molecule has 2 aromatic heterocycles. The molecule has 0 amide bonds. The number of hydrogen-bond acceptors (Lipinski definition) is 7. The average Bonchev–Trinajstić information content (AvgIpc) is 2.79. The van der Waals surface area contributed by atoms with Gasteiger partial charge in [0, 0.05) is 45.7 Å². The molecule has 3 rings (SSSR count). The highest BCUT2D eigenvalue weighted by molar-refractivity contribution is 6.07. The number of hydrogen-bond donors (Lipinski definition) is 3. The number of aliphatic hydroxyl groups is 1. The molecule has 2 aromatic rings. The first kappa shape index (κ1) is 25.2. The minimum Gasteiger partial charge on any atom is -0.384 e. The summed E-state index contributed by atoms with van der Waals surface area (Å²) in [6.45, 7) is 8.43. The van der Waals surface area contributed by atoms with Crippen molar-refractivity contribution in [1.82, 2.24) is 9.97 Å². The fraction of sp³-hybridized carbons (Fsp3) is 0.542. The Kier molecular flexibility index (Phi) is 8.85. The Morgan fingerprint density at radius 1 is 1.33 bits per heavy atom. The average molecular weight is 461 g/mol. The number of aromatic nitrogens is 2. The maximum atomic E-state index is 13.8. The van der Waals surface area contributed by atoms with Gasteiger partial charge in [-0.25, -0.2) is 4.98 Å². The van der Waals surface area contributed by atoms with Crippen LogP contribution in [0.2, 0.25) is 0 Å². The molecule has 1 fully saturated rings. The van der Waals surface area contributed by atoms with E-state index in [9.17, 15) is 9.50 Å². The second kappa shape index (κ2) is 11.6. The van der Waals surface area contributed by atoms with E-state index < -0.39 is 12.2 Å². The van der Waals surface area contributed by atoms with Crippen molar-refractivity contribution < 1.29 is 24.3 Å². The maximum Gasteiger partial charge on any atom is 0.241 e. The Hall–Kier alpha value is -2.46. The van der Waals surface area contributed by atoms with Gasteiger partial charge in [-0.15, -0.1) is 0 Å². The van der Waals surface area contributed by atoms with Gasteiger partial charge in [-0.1, -0.05) is 13.8 Å². The summed E-state index contributed by atoms with van der Waals surface area (Å²) in [6.07, 6.45) is 2.16.